The third-order valence-electron chi connectivity index (χ3n) is 3.10. The van der Waals surface area contributed by atoms with E-state index in [4.69, 9.17) is 0 Å². The van der Waals surface area contributed by atoms with Gasteiger partial charge in [-0.25, -0.2) is 8.78 Å². The van der Waals surface area contributed by atoms with Crippen molar-refractivity contribution in [3.05, 3.63) is 35.4 Å². The first-order valence-electron chi connectivity index (χ1n) is 5.86. The smallest absolute Gasteiger partial charge is 0.314 e. The van der Waals surface area contributed by atoms with E-state index in [1.165, 1.54) is 0 Å². The van der Waals surface area contributed by atoms with E-state index in [0.29, 0.717) is 13.1 Å². The number of alkyl halides is 3. The predicted octanol–water partition coefficient (Wildman–Crippen LogP) is 3.32. The van der Waals surface area contributed by atoms with Gasteiger partial charge >= 0.3 is 6.18 Å². The third kappa shape index (κ3) is 4.67. The van der Waals surface area contributed by atoms with Crippen LogP contribution in [0.5, 0.6) is 0 Å². The molecule has 9 heteroatoms. The molecule has 1 atom stereocenters. The van der Waals surface area contributed by atoms with Crippen LogP contribution < -0.4 is 5.32 Å². The van der Waals surface area contributed by atoms with Crippen molar-refractivity contribution in [1.29, 1.82) is 0 Å². The quantitative estimate of drug-likeness (QED) is 0.821. The van der Waals surface area contributed by atoms with Crippen molar-refractivity contribution in [2.24, 2.45) is 0 Å². The van der Waals surface area contributed by atoms with E-state index in [9.17, 15) is 22.0 Å². The summed E-state index contributed by atoms with van der Waals surface area (Å²) in [6.45, 7) is 0.918. The average Bonchev–Trinajstić information content (AvgIpc) is 2.33. The summed E-state index contributed by atoms with van der Waals surface area (Å²) < 4.78 is 66.7. The number of rotatable bonds is 2. The van der Waals surface area contributed by atoms with Gasteiger partial charge in [0.15, 0.2) is 0 Å². The molecular formula is C12H15Cl2F5N2. The van der Waals surface area contributed by atoms with Crippen LogP contribution in [0.3, 0.4) is 0 Å². The molecule has 1 aromatic carbocycles. The van der Waals surface area contributed by atoms with Crippen LogP contribution in [0.1, 0.15) is 11.6 Å². The van der Waals surface area contributed by atoms with E-state index < -0.39 is 29.4 Å². The van der Waals surface area contributed by atoms with Crippen LogP contribution in [0, 0.1) is 11.6 Å². The summed E-state index contributed by atoms with van der Waals surface area (Å²) in [7, 11) is 0. The Morgan fingerprint density at radius 1 is 1.00 bits per heavy atom. The van der Waals surface area contributed by atoms with Crippen molar-refractivity contribution in [2.75, 3.05) is 26.2 Å². The lowest BCUT2D eigenvalue weighted by atomic mass is 10.0. The molecule has 2 nitrogen and oxygen atoms in total. The highest BCUT2D eigenvalue weighted by atomic mass is 35.5. The highest BCUT2D eigenvalue weighted by Gasteiger charge is 2.47. The first-order valence-corrected chi connectivity index (χ1v) is 5.86. The van der Waals surface area contributed by atoms with Crippen LogP contribution in [0.25, 0.3) is 0 Å². The van der Waals surface area contributed by atoms with Gasteiger partial charge in [0.1, 0.15) is 17.7 Å². The number of benzene rings is 1. The molecule has 0 aromatic heterocycles. The Bertz CT molecular complexity index is 430. The summed E-state index contributed by atoms with van der Waals surface area (Å²) in [6, 6.07) is 0.508. The molecular weight excluding hydrogens is 338 g/mol. The van der Waals surface area contributed by atoms with Crippen LogP contribution in [0.15, 0.2) is 18.2 Å². The molecule has 1 heterocycles. The second-order valence-corrected chi connectivity index (χ2v) is 4.37. The maximum atomic E-state index is 13.6. The number of piperazine rings is 1. The van der Waals surface area contributed by atoms with Crippen molar-refractivity contribution in [3.63, 3.8) is 0 Å². The minimum atomic E-state index is -4.72. The molecule has 0 aliphatic carbocycles. The van der Waals surface area contributed by atoms with Gasteiger partial charge in [-0.05, 0) is 12.1 Å². The first kappa shape index (κ1) is 20.4. The summed E-state index contributed by atoms with van der Waals surface area (Å²) in [5.74, 6) is -2.33. The van der Waals surface area contributed by atoms with E-state index in [-0.39, 0.29) is 37.9 Å². The second-order valence-electron chi connectivity index (χ2n) is 4.37. The van der Waals surface area contributed by atoms with Gasteiger partial charge in [0, 0.05) is 31.7 Å². The zero-order valence-electron chi connectivity index (χ0n) is 10.8. The molecule has 1 aliphatic rings. The molecule has 0 unspecified atom stereocenters. The van der Waals surface area contributed by atoms with E-state index in [1.54, 1.807) is 0 Å². The largest absolute Gasteiger partial charge is 0.408 e. The summed E-state index contributed by atoms with van der Waals surface area (Å²) in [6.07, 6.45) is -4.72. The van der Waals surface area contributed by atoms with E-state index in [2.05, 4.69) is 5.32 Å². The molecule has 0 spiro atoms. The van der Waals surface area contributed by atoms with Crippen molar-refractivity contribution >= 4 is 24.8 Å². The van der Waals surface area contributed by atoms with Crippen LogP contribution in [-0.2, 0) is 0 Å². The highest BCUT2D eigenvalue weighted by Crippen LogP contribution is 2.39. The second kappa shape index (κ2) is 8.12. The van der Waals surface area contributed by atoms with Crippen molar-refractivity contribution in [2.45, 2.75) is 12.2 Å². The summed E-state index contributed by atoms with van der Waals surface area (Å²) in [4.78, 5) is 1.05. The van der Waals surface area contributed by atoms with Gasteiger partial charge in [0.05, 0.1) is 0 Å². The predicted molar refractivity (Wildman–Crippen MR) is 74.1 cm³/mol. The molecule has 1 saturated heterocycles. The van der Waals surface area contributed by atoms with Crippen LogP contribution in [-0.4, -0.2) is 37.3 Å². The molecule has 2 rings (SSSR count). The summed E-state index contributed by atoms with van der Waals surface area (Å²) in [5.41, 5.74) is -0.920. The van der Waals surface area contributed by atoms with Gasteiger partial charge in [-0.3, -0.25) is 4.90 Å². The zero-order valence-corrected chi connectivity index (χ0v) is 12.4. The van der Waals surface area contributed by atoms with Crippen molar-refractivity contribution in [3.8, 4) is 0 Å². The molecule has 1 fully saturated rings. The topological polar surface area (TPSA) is 15.3 Å². The summed E-state index contributed by atoms with van der Waals surface area (Å²) in [5, 5.41) is 2.91. The van der Waals surface area contributed by atoms with Gasteiger partial charge in [0.2, 0.25) is 0 Å². The fourth-order valence-electron chi connectivity index (χ4n) is 2.27. The maximum Gasteiger partial charge on any atom is 0.408 e. The van der Waals surface area contributed by atoms with E-state index in [1.807, 2.05) is 0 Å². The lowest BCUT2D eigenvalue weighted by Gasteiger charge is -2.36. The molecule has 1 aliphatic heterocycles. The zero-order chi connectivity index (χ0) is 14.0. The number of halogens is 7. The van der Waals surface area contributed by atoms with Gasteiger partial charge in [-0.15, -0.1) is 24.8 Å². The third-order valence-corrected chi connectivity index (χ3v) is 3.10. The Morgan fingerprint density at radius 3 is 1.90 bits per heavy atom. The number of nitrogens with zero attached hydrogens (tertiary/aromatic N) is 1. The Hall–Kier alpha value is -0.630. The molecule has 21 heavy (non-hydrogen) atoms. The fourth-order valence-corrected chi connectivity index (χ4v) is 2.27. The lowest BCUT2D eigenvalue weighted by molar-refractivity contribution is -0.189. The van der Waals surface area contributed by atoms with Gasteiger partial charge in [0.25, 0.3) is 0 Å². The monoisotopic (exact) mass is 352 g/mol. The van der Waals surface area contributed by atoms with Gasteiger partial charge < -0.3 is 5.32 Å². The van der Waals surface area contributed by atoms with E-state index in [0.717, 1.165) is 23.1 Å². The molecule has 0 amide bonds. The molecule has 1 aromatic rings. The van der Waals surface area contributed by atoms with Crippen molar-refractivity contribution in [1.82, 2.24) is 10.2 Å². The van der Waals surface area contributed by atoms with Gasteiger partial charge in [-0.2, -0.15) is 13.2 Å². The summed E-state index contributed by atoms with van der Waals surface area (Å²) >= 11 is 0. The molecule has 0 bridgehead atoms. The SMILES string of the molecule is Cl.Cl.Fc1cccc(F)c1[C@H](N1CCNCC1)C(F)(F)F. The van der Waals surface area contributed by atoms with E-state index >= 15 is 0 Å². The molecule has 0 radical (unpaired) electrons. The normalized spacial score (nSPS) is 17.6. The molecule has 1 N–H and O–H groups in total. The van der Waals surface area contributed by atoms with Crippen LogP contribution in [0.4, 0.5) is 22.0 Å². The Labute approximate surface area is 131 Å². The van der Waals surface area contributed by atoms with Crippen molar-refractivity contribution < 1.29 is 22.0 Å². The Kier molecular flexibility index (Phi) is 7.88. The fraction of sp³-hybridized carbons (Fsp3) is 0.500. The molecule has 0 saturated carbocycles. The minimum absolute atomic E-state index is 0. The van der Waals surface area contributed by atoms with Crippen LogP contribution >= 0.6 is 24.8 Å². The number of hydrogen-bond donors (Lipinski definition) is 1. The van der Waals surface area contributed by atoms with Gasteiger partial charge in [-0.1, -0.05) is 6.07 Å². The lowest BCUT2D eigenvalue weighted by Crippen LogP contribution is -2.49. The number of hydrogen-bond acceptors (Lipinski definition) is 2. The minimum Gasteiger partial charge on any atom is -0.314 e. The average molecular weight is 353 g/mol. The first-order chi connectivity index (χ1) is 8.91. The van der Waals surface area contributed by atoms with Crippen LogP contribution in [0.2, 0.25) is 0 Å². The standard InChI is InChI=1S/C12H13F5N2.2ClH/c13-8-2-1-3-9(14)10(8)11(12(15,16)17)19-6-4-18-5-7-19;;/h1-3,11,18H,4-7H2;2*1H/t11-;;/m0../s1. The molecule has 122 valence electrons. The highest BCUT2D eigenvalue weighted by molar-refractivity contribution is 5.85. The maximum absolute atomic E-state index is 13.6. The Balaban J connectivity index is 0.00000200. The Morgan fingerprint density at radius 2 is 1.48 bits per heavy atom. The number of nitrogens with one attached hydrogen (secondary N) is 1.